The smallest absolute Gasteiger partial charge is 0.253 e. The van der Waals surface area contributed by atoms with E-state index in [9.17, 15) is 0 Å². The van der Waals surface area contributed by atoms with Crippen LogP contribution in [0, 0.1) is 12.8 Å². The standard InChI is InChI=1S/C22H26N4O2/c1-15-20(21(25-28-15)17-9-3-2-4-10-17)22-24-23-19(27-22)14-26-13-7-11-16-8-5-6-12-18(16)26/h2-4,9-10,16,18H,5-8,11-14H2,1H3/t16-,18-/m1/s1. The van der Waals surface area contributed by atoms with Crippen molar-refractivity contribution in [3.05, 3.63) is 42.0 Å². The van der Waals surface area contributed by atoms with Gasteiger partial charge >= 0.3 is 0 Å². The van der Waals surface area contributed by atoms with Crippen LogP contribution in [-0.2, 0) is 6.54 Å². The van der Waals surface area contributed by atoms with Crippen LogP contribution in [-0.4, -0.2) is 32.8 Å². The number of nitrogens with zero attached hydrogens (tertiary/aromatic N) is 4. The van der Waals surface area contributed by atoms with E-state index in [1.54, 1.807) is 0 Å². The molecule has 2 aliphatic rings. The molecule has 2 fully saturated rings. The molecular weight excluding hydrogens is 352 g/mol. The first-order valence-corrected chi connectivity index (χ1v) is 10.4. The third-order valence-electron chi connectivity index (χ3n) is 6.29. The first-order chi connectivity index (χ1) is 13.8. The van der Waals surface area contributed by atoms with E-state index in [1.807, 2.05) is 37.3 Å². The van der Waals surface area contributed by atoms with Crippen molar-refractivity contribution in [2.24, 2.45) is 5.92 Å². The van der Waals surface area contributed by atoms with Gasteiger partial charge in [-0.3, -0.25) is 4.90 Å². The minimum absolute atomic E-state index is 0.491. The Morgan fingerprint density at radius 2 is 1.86 bits per heavy atom. The van der Waals surface area contributed by atoms with E-state index in [1.165, 1.54) is 38.5 Å². The lowest BCUT2D eigenvalue weighted by atomic mass is 9.78. The minimum Gasteiger partial charge on any atom is -0.419 e. The number of piperidine rings is 1. The fraction of sp³-hybridized carbons (Fsp3) is 0.500. The summed E-state index contributed by atoms with van der Waals surface area (Å²) in [7, 11) is 0. The highest BCUT2D eigenvalue weighted by Crippen LogP contribution is 2.37. The molecule has 6 nitrogen and oxygen atoms in total. The highest BCUT2D eigenvalue weighted by Gasteiger charge is 2.34. The number of fused-ring (bicyclic) bond motifs is 1. The van der Waals surface area contributed by atoms with Crippen LogP contribution >= 0.6 is 0 Å². The Morgan fingerprint density at radius 1 is 1.04 bits per heavy atom. The maximum absolute atomic E-state index is 6.09. The summed E-state index contributed by atoms with van der Waals surface area (Å²) in [5.41, 5.74) is 2.52. The van der Waals surface area contributed by atoms with Crippen LogP contribution in [0.5, 0.6) is 0 Å². The first-order valence-electron chi connectivity index (χ1n) is 10.4. The second-order valence-corrected chi connectivity index (χ2v) is 8.05. The van der Waals surface area contributed by atoms with Gasteiger partial charge in [-0.2, -0.15) is 0 Å². The molecule has 1 aliphatic heterocycles. The highest BCUT2D eigenvalue weighted by atomic mass is 16.5. The zero-order valence-electron chi connectivity index (χ0n) is 16.3. The molecule has 1 aromatic carbocycles. The summed E-state index contributed by atoms with van der Waals surface area (Å²) in [6.07, 6.45) is 8.04. The lowest BCUT2D eigenvalue weighted by molar-refractivity contribution is 0.0483. The topological polar surface area (TPSA) is 68.2 Å². The zero-order valence-corrected chi connectivity index (χ0v) is 16.3. The van der Waals surface area contributed by atoms with Gasteiger partial charge in [-0.1, -0.05) is 48.3 Å². The molecule has 0 N–H and O–H groups in total. The van der Waals surface area contributed by atoms with Crippen LogP contribution in [0.15, 0.2) is 39.3 Å². The van der Waals surface area contributed by atoms with E-state index in [0.717, 1.165) is 35.8 Å². The molecule has 0 radical (unpaired) electrons. The van der Waals surface area contributed by atoms with Gasteiger partial charge in [0.25, 0.3) is 5.89 Å². The summed E-state index contributed by atoms with van der Waals surface area (Å²) in [6, 6.07) is 10.6. The van der Waals surface area contributed by atoms with Crippen molar-refractivity contribution in [1.82, 2.24) is 20.3 Å². The normalized spacial score (nSPS) is 22.9. The third kappa shape index (κ3) is 3.26. The van der Waals surface area contributed by atoms with Gasteiger partial charge in [0.2, 0.25) is 5.89 Å². The zero-order chi connectivity index (χ0) is 18.9. The molecule has 0 spiro atoms. The molecule has 1 saturated heterocycles. The van der Waals surface area contributed by atoms with Crippen molar-refractivity contribution in [3.63, 3.8) is 0 Å². The van der Waals surface area contributed by atoms with E-state index in [-0.39, 0.29) is 0 Å². The van der Waals surface area contributed by atoms with E-state index < -0.39 is 0 Å². The Bertz CT molecular complexity index is 931. The quantitative estimate of drug-likeness (QED) is 0.646. The molecule has 5 rings (SSSR count). The van der Waals surface area contributed by atoms with Crippen molar-refractivity contribution >= 4 is 0 Å². The maximum atomic E-state index is 6.09. The Labute approximate surface area is 164 Å². The van der Waals surface area contributed by atoms with Crippen LogP contribution in [0.3, 0.4) is 0 Å². The molecule has 28 heavy (non-hydrogen) atoms. The molecule has 0 bridgehead atoms. The molecule has 146 valence electrons. The summed E-state index contributed by atoms with van der Waals surface area (Å²) in [4.78, 5) is 2.56. The Hall–Kier alpha value is -2.47. The third-order valence-corrected chi connectivity index (χ3v) is 6.29. The van der Waals surface area contributed by atoms with E-state index in [4.69, 9.17) is 8.94 Å². The van der Waals surface area contributed by atoms with E-state index in [0.29, 0.717) is 23.6 Å². The molecule has 0 amide bonds. The van der Waals surface area contributed by atoms with Crippen LogP contribution in [0.25, 0.3) is 22.7 Å². The van der Waals surface area contributed by atoms with Gasteiger partial charge in [0, 0.05) is 11.6 Å². The minimum atomic E-state index is 0.491. The maximum Gasteiger partial charge on any atom is 0.253 e. The average molecular weight is 378 g/mol. The number of rotatable bonds is 4. The molecule has 3 aromatic rings. The lowest BCUT2D eigenvalue weighted by Gasteiger charge is -2.43. The number of aryl methyl sites for hydroxylation is 1. The number of aromatic nitrogens is 3. The number of likely N-dealkylation sites (tertiary alicyclic amines) is 1. The number of hydrogen-bond donors (Lipinski definition) is 0. The largest absolute Gasteiger partial charge is 0.419 e. The van der Waals surface area contributed by atoms with Gasteiger partial charge in [0.1, 0.15) is 17.0 Å². The Balaban J connectivity index is 1.39. The lowest BCUT2D eigenvalue weighted by Crippen LogP contribution is -2.46. The fourth-order valence-electron chi connectivity index (χ4n) is 4.93. The van der Waals surface area contributed by atoms with Gasteiger partial charge < -0.3 is 8.94 Å². The van der Waals surface area contributed by atoms with Crippen molar-refractivity contribution in [2.45, 2.75) is 58.0 Å². The summed E-state index contributed by atoms with van der Waals surface area (Å²) >= 11 is 0. The van der Waals surface area contributed by atoms with E-state index in [2.05, 4.69) is 20.3 Å². The monoisotopic (exact) mass is 378 g/mol. The fourth-order valence-corrected chi connectivity index (χ4v) is 4.93. The van der Waals surface area contributed by atoms with Gasteiger partial charge in [-0.05, 0) is 45.1 Å². The second-order valence-electron chi connectivity index (χ2n) is 8.05. The summed E-state index contributed by atoms with van der Waals surface area (Å²) in [5, 5.41) is 12.9. The van der Waals surface area contributed by atoms with Crippen molar-refractivity contribution in [2.75, 3.05) is 6.54 Å². The predicted molar refractivity (Wildman–Crippen MR) is 105 cm³/mol. The molecule has 1 aliphatic carbocycles. The number of hydrogen-bond acceptors (Lipinski definition) is 6. The molecule has 1 saturated carbocycles. The molecule has 3 heterocycles. The van der Waals surface area contributed by atoms with Gasteiger partial charge in [-0.15, -0.1) is 10.2 Å². The van der Waals surface area contributed by atoms with Crippen LogP contribution in [0.1, 0.15) is 50.2 Å². The van der Waals surface area contributed by atoms with Gasteiger partial charge in [0.15, 0.2) is 0 Å². The highest BCUT2D eigenvalue weighted by molar-refractivity contribution is 5.77. The molecule has 0 unspecified atom stereocenters. The van der Waals surface area contributed by atoms with Crippen LogP contribution < -0.4 is 0 Å². The Kier molecular flexibility index (Phi) is 4.72. The van der Waals surface area contributed by atoms with Crippen molar-refractivity contribution in [1.29, 1.82) is 0 Å². The summed E-state index contributed by atoms with van der Waals surface area (Å²) < 4.78 is 11.5. The molecule has 2 atom stereocenters. The SMILES string of the molecule is Cc1onc(-c2ccccc2)c1-c1nnc(CN2CCC[C@H]3CCCC[C@H]32)o1. The van der Waals surface area contributed by atoms with Crippen LogP contribution in [0.4, 0.5) is 0 Å². The molecule has 6 heteroatoms. The van der Waals surface area contributed by atoms with E-state index >= 15 is 0 Å². The van der Waals surface area contributed by atoms with Gasteiger partial charge in [-0.25, -0.2) is 0 Å². The van der Waals surface area contributed by atoms with Crippen molar-refractivity contribution < 1.29 is 8.94 Å². The number of benzene rings is 1. The molecular formula is C22H26N4O2. The Morgan fingerprint density at radius 3 is 2.75 bits per heavy atom. The summed E-state index contributed by atoms with van der Waals surface area (Å²) in [6.45, 7) is 3.75. The second kappa shape index (κ2) is 7.51. The van der Waals surface area contributed by atoms with Crippen LogP contribution in [0.2, 0.25) is 0 Å². The first kappa shape index (κ1) is 17.6. The summed E-state index contributed by atoms with van der Waals surface area (Å²) in [5.74, 6) is 2.71. The van der Waals surface area contributed by atoms with Crippen molar-refractivity contribution in [3.8, 4) is 22.7 Å². The predicted octanol–water partition coefficient (Wildman–Crippen LogP) is 4.85. The van der Waals surface area contributed by atoms with Gasteiger partial charge in [0.05, 0.1) is 6.54 Å². The average Bonchev–Trinajstić information content (AvgIpc) is 3.35. The molecule has 2 aromatic heterocycles.